The Morgan fingerprint density at radius 1 is 1.26 bits per heavy atom. The highest BCUT2D eigenvalue weighted by Crippen LogP contribution is 2.54. The number of ether oxygens (including phenoxy) is 2. The normalized spacial score (nSPS) is 28.8. The van der Waals surface area contributed by atoms with Crippen LogP contribution in [0.3, 0.4) is 0 Å². The predicted octanol–water partition coefficient (Wildman–Crippen LogP) is 2.74. The number of nitrogens with one attached hydrogen (secondary N) is 1. The molecule has 1 fully saturated rings. The van der Waals surface area contributed by atoms with E-state index in [0.29, 0.717) is 5.41 Å². The molecule has 0 spiro atoms. The second-order valence-corrected chi connectivity index (χ2v) is 5.84. The van der Waals surface area contributed by atoms with E-state index in [9.17, 15) is 0 Å². The van der Waals surface area contributed by atoms with Crippen molar-refractivity contribution < 1.29 is 9.47 Å². The molecule has 1 aliphatic carbocycles. The molecule has 1 aromatic rings. The summed E-state index contributed by atoms with van der Waals surface area (Å²) in [6, 6.07) is 6.47. The Kier molecular flexibility index (Phi) is 3.40. The maximum absolute atomic E-state index is 5.79. The van der Waals surface area contributed by atoms with Crippen molar-refractivity contribution in [2.45, 2.75) is 32.1 Å². The van der Waals surface area contributed by atoms with E-state index in [1.807, 2.05) is 0 Å². The zero-order valence-corrected chi connectivity index (χ0v) is 11.9. The summed E-state index contributed by atoms with van der Waals surface area (Å²) in [5.74, 6) is 2.57. The van der Waals surface area contributed by atoms with Gasteiger partial charge in [-0.05, 0) is 48.5 Å². The number of benzene rings is 1. The largest absolute Gasteiger partial charge is 0.490 e. The molecule has 2 aliphatic rings. The van der Waals surface area contributed by atoms with Crippen LogP contribution in [0.5, 0.6) is 11.5 Å². The quantitative estimate of drug-likeness (QED) is 0.904. The summed E-state index contributed by atoms with van der Waals surface area (Å²) in [6.07, 6.45) is 2.23. The zero-order valence-electron chi connectivity index (χ0n) is 11.9. The first kappa shape index (κ1) is 12.8. The van der Waals surface area contributed by atoms with E-state index >= 15 is 0 Å². The molecule has 2 unspecified atom stereocenters. The topological polar surface area (TPSA) is 30.5 Å². The molecular weight excluding hydrogens is 238 g/mol. The lowest BCUT2D eigenvalue weighted by Crippen LogP contribution is -2.19. The molecule has 3 nitrogen and oxygen atoms in total. The summed E-state index contributed by atoms with van der Waals surface area (Å²) in [4.78, 5) is 0. The maximum Gasteiger partial charge on any atom is 0.161 e. The Labute approximate surface area is 115 Å². The molecule has 0 saturated heterocycles. The van der Waals surface area contributed by atoms with Crippen LogP contribution in [0.25, 0.3) is 0 Å². The van der Waals surface area contributed by atoms with Gasteiger partial charge in [0, 0.05) is 6.42 Å². The molecule has 3 heteroatoms. The molecule has 0 bridgehead atoms. The minimum atomic E-state index is 0.312. The molecule has 104 valence electrons. The van der Waals surface area contributed by atoms with Gasteiger partial charge in [-0.2, -0.15) is 0 Å². The second-order valence-electron chi connectivity index (χ2n) is 5.84. The fraction of sp³-hybridized carbons (Fsp3) is 0.625. The van der Waals surface area contributed by atoms with Crippen molar-refractivity contribution in [2.75, 3.05) is 26.3 Å². The fourth-order valence-corrected chi connectivity index (χ4v) is 2.94. The minimum absolute atomic E-state index is 0.312. The van der Waals surface area contributed by atoms with Crippen LogP contribution < -0.4 is 14.8 Å². The summed E-state index contributed by atoms with van der Waals surface area (Å²) in [7, 11) is 0. The van der Waals surface area contributed by atoms with Gasteiger partial charge in [0.1, 0.15) is 0 Å². The Morgan fingerprint density at radius 2 is 2.05 bits per heavy atom. The first-order valence-electron chi connectivity index (χ1n) is 7.35. The molecule has 1 saturated carbocycles. The van der Waals surface area contributed by atoms with Crippen LogP contribution in [0, 0.1) is 5.92 Å². The van der Waals surface area contributed by atoms with Gasteiger partial charge in [-0.1, -0.05) is 19.9 Å². The van der Waals surface area contributed by atoms with Gasteiger partial charge in [0.05, 0.1) is 13.2 Å². The van der Waals surface area contributed by atoms with E-state index in [-0.39, 0.29) is 0 Å². The molecule has 0 amide bonds. The van der Waals surface area contributed by atoms with Gasteiger partial charge in [0.2, 0.25) is 0 Å². The molecule has 2 atom stereocenters. The van der Waals surface area contributed by atoms with Crippen molar-refractivity contribution in [1.29, 1.82) is 0 Å². The highest BCUT2D eigenvalue weighted by molar-refractivity contribution is 5.47. The van der Waals surface area contributed by atoms with Crippen LogP contribution in [0.15, 0.2) is 18.2 Å². The van der Waals surface area contributed by atoms with Crippen LogP contribution >= 0.6 is 0 Å². The molecule has 1 N–H and O–H groups in total. The first-order valence-corrected chi connectivity index (χ1v) is 7.35. The third-order valence-corrected chi connectivity index (χ3v) is 4.46. The smallest absolute Gasteiger partial charge is 0.161 e. The third-order valence-electron chi connectivity index (χ3n) is 4.46. The van der Waals surface area contributed by atoms with Gasteiger partial charge in [-0.15, -0.1) is 0 Å². The summed E-state index contributed by atoms with van der Waals surface area (Å²) in [5, 5.41) is 3.45. The summed E-state index contributed by atoms with van der Waals surface area (Å²) in [5.41, 5.74) is 1.70. The molecule has 19 heavy (non-hydrogen) atoms. The average molecular weight is 261 g/mol. The van der Waals surface area contributed by atoms with Gasteiger partial charge in [0.15, 0.2) is 11.5 Å². The summed E-state index contributed by atoms with van der Waals surface area (Å²) >= 11 is 0. The van der Waals surface area contributed by atoms with E-state index in [4.69, 9.17) is 9.47 Å². The Morgan fingerprint density at radius 3 is 2.84 bits per heavy atom. The summed E-state index contributed by atoms with van der Waals surface area (Å²) in [6.45, 7) is 8.19. The zero-order chi connectivity index (χ0) is 13.3. The van der Waals surface area contributed by atoms with Gasteiger partial charge in [0.25, 0.3) is 0 Å². The molecule has 1 aliphatic heterocycles. The second kappa shape index (κ2) is 5.04. The Hall–Kier alpha value is -1.22. The van der Waals surface area contributed by atoms with Gasteiger partial charge in [-0.25, -0.2) is 0 Å². The standard InChI is InChI=1S/C16H23NO2/c1-3-17-11-13-10-16(13,2)12-5-6-14-15(9-12)19-8-4-7-18-14/h5-6,9,13,17H,3-4,7-8,10-11H2,1-2H3. The van der Waals surface area contributed by atoms with Crippen molar-refractivity contribution in [2.24, 2.45) is 5.92 Å². The van der Waals surface area contributed by atoms with Crippen molar-refractivity contribution in [3.8, 4) is 11.5 Å². The highest BCUT2D eigenvalue weighted by Gasteiger charge is 2.50. The number of fused-ring (bicyclic) bond motifs is 1. The first-order chi connectivity index (χ1) is 9.24. The van der Waals surface area contributed by atoms with Crippen LogP contribution in [-0.4, -0.2) is 26.3 Å². The van der Waals surface area contributed by atoms with Crippen molar-refractivity contribution in [3.63, 3.8) is 0 Å². The Balaban J connectivity index is 1.77. The lowest BCUT2D eigenvalue weighted by molar-refractivity contribution is 0.297. The van der Waals surface area contributed by atoms with Gasteiger partial charge >= 0.3 is 0 Å². The van der Waals surface area contributed by atoms with E-state index in [1.54, 1.807) is 0 Å². The number of hydrogen-bond donors (Lipinski definition) is 1. The lowest BCUT2D eigenvalue weighted by Gasteiger charge is -2.15. The third kappa shape index (κ3) is 2.44. The van der Waals surface area contributed by atoms with E-state index < -0.39 is 0 Å². The van der Waals surface area contributed by atoms with Crippen molar-refractivity contribution >= 4 is 0 Å². The van der Waals surface area contributed by atoms with Crippen molar-refractivity contribution in [3.05, 3.63) is 23.8 Å². The number of hydrogen-bond acceptors (Lipinski definition) is 3. The highest BCUT2D eigenvalue weighted by atomic mass is 16.5. The average Bonchev–Trinajstić information content (AvgIpc) is 3.14. The number of rotatable bonds is 4. The molecule has 1 heterocycles. The van der Waals surface area contributed by atoms with E-state index in [0.717, 1.165) is 50.1 Å². The minimum Gasteiger partial charge on any atom is -0.490 e. The van der Waals surface area contributed by atoms with Crippen LogP contribution in [0.2, 0.25) is 0 Å². The molecule has 1 aromatic carbocycles. The lowest BCUT2D eigenvalue weighted by atomic mass is 9.95. The van der Waals surface area contributed by atoms with Gasteiger partial charge in [-0.3, -0.25) is 0 Å². The fourth-order valence-electron chi connectivity index (χ4n) is 2.94. The Bertz CT molecular complexity index is 460. The molecule has 0 aromatic heterocycles. The summed E-state index contributed by atoms with van der Waals surface area (Å²) < 4.78 is 11.5. The monoisotopic (exact) mass is 261 g/mol. The molecule has 3 rings (SSSR count). The van der Waals surface area contributed by atoms with E-state index in [1.165, 1.54) is 12.0 Å². The maximum atomic E-state index is 5.79. The van der Waals surface area contributed by atoms with Crippen LogP contribution in [-0.2, 0) is 5.41 Å². The van der Waals surface area contributed by atoms with E-state index in [2.05, 4.69) is 37.4 Å². The van der Waals surface area contributed by atoms with Crippen LogP contribution in [0.4, 0.5) is 0 Å². The van der Waals surface area contributed by atoms with Crippen molar-refractivity contribution in [1.82, 2.24) is 5.32 Å². The van der Waals surface area contributed by atoms with Gasteiger partial charge < -0.3 is 14.8 Å². The van der Waals surface area contributed by atoms with Crippen LogP contribution in [0.1, 0.15) is 32.3 Å². The predicted molar refractivity (Wildman–Crippen MR) is 76.1 cm³/mol. The molecule has 0 radical (unpaired) electrons. The molecular formula is C16H23NO2. The SMILES string of the molecule is CCNCC1CC1(C)c1ccc2c(c1)OCCCO2.